The number of rotatable bonds is 4. The Bertz CT molecular complexity index is 1010. The first-order valence-electron chi connectivity index (χ1n) is 9.04. The van der Waals surface area contributed by atoms with Gasteiger partial charge in [0.25, 0.3) is 5.91 Å². The van der Waals surface area contributed by atoms with E-state index in [1.807, 2.05) is 24.3 Å². The highest BCUT2D eigenvalue weighted by atomic mass is 19.1. The predicted molar refractivity (Wildman–Crippen MR) is 101 cm³/mol. The lowest BCUT2D eigenvalue weighted by Gasteiger charge is -2.23. The van der Waals surface area contributed by atoms with Crippen LogP contribution in [0.5, 0.6) is 0 Å². The van der Waals surface area contributed by atoms with Crippen molar-refractivity contribution in [1.29, 1.82) is 0 Å². The van der Waals surface area contributed by atoms with E-state index in [1.54, 1.807) is 28.8 Å². The highest BCUT2D eigenvalue weighted by Gasteiger charge is 2.26. The molecule has 3 aromatic rings. The molecule has 0 saturated carbocycles. The van der Waals surface area contributed by atoms with Crippen LogP contribution < -0.4 is 10.6 Å². The zero-order chi connectivity index (χ0) is 18.8. The Kier molecular flexibility index (Phi) is 4.62. The minimum absolute atomic E-state index is 0.161. The molecule has 2 aromatic carbocycles. The summed E-state index contributed by atoms with van der Waals surface area (Å²) in [5, 5.41) is 6.48. The van der Waals surface area contributed by atoms with Crippen molar-refractivity contribution in [2.24, 2.45) is 0 Å². The van der Waals surface area contributed by atoms with Gasteiger partial charge in [-0.15, -0.1) is 0 Å². The van der Waals surface area contributed by atoms with Gasteiger partial charge >= 0.3 is 0 Å². The van der Waals surface area contributed by atoms with Crippen LogP contribution in [-0.4, -0.2) is 29.0 Å². The first-order valence-corrected chi connectivity index (χ1v) is 9.04. The summed E-state index contributed by atoms with van der Waals surface area (Å²) in [5.74, 6) is -0.802. The van der Waals surface area contributed by atoms with Crippen LogP contribution in [0.2, 0.25) is 0 Å². The van der Waals surface area contributed by atoms with Crippen molar-refractivity contribution in [1.82, 2.24) is 15.2 Å². The summed E-state index contributed by atoms with van der Waals surface area (Å²) in [5.41, 5.74) is 1.76. The Labute approximate surface area is 156 Å². The molecule has 1 saturated heterocycles. The van der Waals surface area contributed by atoms with Crippen LogP contribution in [0.25, 0.3) is 10.9 Å². The molecule has 0 radical (unpaired) electrons. The van der Waals surface area contributed by atoms with Crippen LogP contribution in [0.1, 0.15) is 28.9 Å². The first kappa shape index (κ1) is 17.3. The third kappa shape index (κ3) is 3.43. The summed E-state index contributed by atoms with van der Waals surface area (Å²) in [7, 11) is 0. The lowest BCUT2D eigenvalue weighted by molar-refractivity contribution is -0.124. The van der Waals surface area contributed by atoms with Gasteiger partial charge in [0.15, 0.2) is 0 Å². The van der Waals surface area contributed by atoms with E-state index in [0.29, 0.717) is 24.2 Å². The van der Waals surface area contributed by atoms with E-state index in [-0.39, 0.29) is 24.2 Å². The van der Waals surface area contributed by atoms with Crippen LogP contribution >= 0.6 is 0 Å². The molecule has 6 heteroatoms. The summed E-state index contributed by atoms with van der Waals surface area (Å²) in [6, 6.07) is 15.4. The van der Waals surface area contributed by atoms with E-state index < -0.39 is 6.04 Å². The quantitative estimate of drug-likeness (QED) is 0.747. The van der Waals surface area contributed by atoms with Gasteiger partial charge in [-0.2, -0.15) is 0 Å². The largest absolute Gasteiger partial charge is 0.354 e. The Balaban J connectivity index is 1.70. The number of hydrogen-bond donors (Lipinski definition) is 2. The van der Waals surface area contributed by atoms with Gasteiger partial charge in [-0.3, -0.25) is 9.59 Å². The molecule has 1 aromatic heterocycles. The zero-order valence-electron chi connectivity index (χ0n) is 14.7. The average molecular weight is 365 g/mol. The van der Waals surface area contributed by atoms with Gasteiger partial charge in [0.05, 0.1) is 6.54 Å². The van der Waals surface area contributed by atoms with Crippen molar-refractivity contribution in [2.75, 3.05) is 6.54 Å². The molecule has 2 heterocycles. The third-order valence-electron chi connectivity index (χ3n) is 4.92. The minimum Gasteiger partial charge on any atom is -0.354 e. The molecule has 138 valence electrons. The van der Waals surface area contributed by atoms with E-state index in [2.05, 4.69) is 10.6 Å². The number of aromatic nitrogens is 1. The zero-order valence-corrected chi connectivity index (χ0v) is 14.7. The van der Waals surface area contributed by atoms with Crippen LogP contribution in [0.4, 0.5) is 4.39 Å². The average Bonchev–Trinajstić information content (AvgIpc) is 3.04. The van der Waals surface area contributed by atoms with E-state index >= 15 is 0 Å². The number of carbonyl (C=O) groups excluding carboxylic acids is 2. The molecule has 1 aliphatic heterocycles. The summed E-state index contributed by atoms with van der Waals surface area (Å²) in [6.45, 7) is 0.874. The number of fused-ring (bicyclic) bond motifs is 1. The van der Waals surface area contributed by atoms with Gasteiger partial charge < -0.3 is 15.2 Å². The highest BCUT2D eigenvalue weighted by Crippen LogP contribution is 2.22. The molecular weight excluding hydrogens is 345 g/mol. The number of nitrogens with zero attached hydrogens (tertiary/aromatic N) is 1. The van der Waals surface area contributed by atoms with E-state index in [4.69, 9.17) is 0 Å². The van der Waals surface area contributed by atoms with Crippen molar-refractivity contribution in [2.45, 2.75) is 25.4 Å². The highest BCUT2D eigenvalue weighted by molar-refractivity contribution is 6.01. The summed E-state index contributed by atoms with van der Waals surface area (Å²) in [4.78, 5) is 24.9. The molecule has 1 aliphatic rings. The fraction of sp³-hybridized carbons (Fsp3) is 0.238. The molecule has 1 unspecified atom stereocenters. The van der Waals surface area contributed by atoms with Gasteiger partial charge in [-0.25, -0.2) is 4.39 Å². The standard InChI is InChI=1S/C21H20FN3O2/c22-16-8-3-1-7-15(16)13-25-18-10-4-2-6-14(18)12-19(25)21(27)24-17-9-5-11-23-20(17)26/h1-4,6-8,10,12,17H,5,9,11,13H2,(H,23,26)(H,24,27). The molecule has 0 aliphatic carbocycles. The maximum absolute atomic E-state index is 14.2. The lowest BCUT2D eigenvalue weighted by atomic mass is 10.1. The van der Waals surface area contributed by atoms with E-state index in [0.717, 1.165) is 17.3 Å². The monoisotopic (exact) mass is 365 g/mol. The minimum atomic E-state index is -0.536. The molecule has 1 fully saturated rings. The summed E-state index contributed by atoms with van der Waals surface area (Å²) < 4.78 is 16.0. The fourth-order valence-electron chi connectivity index (χ4n) is 3.51. The maximum Gasteiger partial charge on any atom is 0.268 e. The number of halogens is 1. The Morgan fingerprint density at radius 3 is 2.78 bits per heavy atom. The number of piperidine rings is 1. The molecule has 1 atom stereocenters. The van der Waals surface area contributed by atoms with Crippen molar-refractivity contribution >= 4 is 22.7 Å². The van der Waals surface area contributed by atoms with Gasteiger partial charge in [0.1, 0.15) is 17.6 Å². The number of hydrogen-bond acceptors (Lipinski definition) is 2. The molecule has 2 N–H and O–H groups in total. The molecule has 2 amide bonds. The first-order chi connectivity index (χ1) is 13.1. The number of para-hydroxylation sites is 1. The molecule has 27 heavy (non-hydrogen) atoms. The van der Waals surface area contributed by atoms with Crippen molar-refractivity contribution in [3.8, 4) is 0 Å². The van der Waals surface area contributed by atoms with Gasteiger partial charge in [0, 0.05) is 23.0 Å². The lowest BCUT2D eigenvalue weighted by Crippen LogP contribution is -2.50. The van der Waals surface area contributed by atoms with Crippen molar-refractivity contribution < 1.29 is 14.0 Å². The molecule has 0 spiro atoms. The Morgan fingerprint density at radius 2 is 1.96 bits per heavy atom. The van der Waals surface area contributed by atoms with Crippen molar-refractivity contribution in [3.05, 3.63) is 71.7 Å². The van der Waals surface area contributed by atoms with Crippen LogP contribution in [0.3, 0.4) is 0 Å². The van der Waals surface area contributed by atoms with E-state index in [9.17, 15) is 14.0 Å². The van der Waals surface area contributed by atoms with Gasteiger partial charge in [-0.1, -0.05) is 36.4 Å². The topological polar surface area (TPSA) is 63.1 Å². The second-order valence-corrected chi connectivity index (χ2v) is 6.73. The number of carbonyl (C=O) groups is 2. The van der Waals surface area contributed by atoms with Gasteiger partial charge in [0.2, 0.25) is 5.91 Å². The number of nitrogens with one attached hydrogen (secondary N) is 2. The van der Waals surface area contributed by atoms with Crippen LogP contribution in [-0.2, 0) is 11.3 Å². The second kappa shape index (κ2) is 7.23. The fourth-order valence-corrected chi connectivity index (χ4v) is 3.51. The second-order valence-electron chi connectivity index (χ2n) is 6.73. The Morgan fingerprint density at radius 1 is 1.19 bits per heavy atom. The molecule has 4 rings (SSSR count). The smallest absolute Gasteiger partial charge is 0.268 e. The van der Waals surface area contributed by atoms with Crippen LogP contribution in [0, 0.1) is 5.82 Å². The normalized spacial score (nSPS) is 16.9. The molecule has 5 nitrogen and oxygen atoms in total. The van der Waals surface area contributed by atoms with E-state index in [1.165, 1.54) is 6.07 Å². The number of amides is 2. The SMILES string of the molecule is O=C(NC1CCCNC1=O)c1cc2ccccc2n1Cc1ccccc1F. The third-order valence-corrected chi connectivity index (χ3v) is 4.92. The summed E-state index contributed by atoms with van der Waals surface area (Å²) in [6.07, 6.45) is 1.44. The Hall–Kier alpha value is -3.15. The summed E-state index contributed by atoms with van der Waals surface area (Å²) >= 11 is 0. The predicted octanol–water partition coefficient (Wildman–Crippen LogP) is 2.84. The maximum atomic E-state index is 14.2. The molecule has 0 bridgehead atoms. The molecular formula is C21H20FN3O2. The number of benzene rings is 2. The van der Waals surface area contributed by atoms with Crippen LogP contribution in [0.15, 0.2) is 54.6 Å². The van der Waals surface area contributed by atoms with Crippen molar-refractivity contribution in [3.63, 3.8) is 0 Å². The van der Waals surface area contributed by atoms with Gasteiger partial charge in [-0.05, 0) is 31.0 Å².